The van der Waals surface area contributed by atoms with Gasteiger partial charge in [-0.15, -0.1) is 17.9 Å². The highest BCUT2D eigenvalue weighted by atomic mass is 32.1. The molecule has 0 radical (unpaired) electrons. The summed E-state index contributed by atoms with van der Waals surface area (Å²) in [6.07, 6.45) is 5.92. The largest absolute Gasteiger partial charge is 0.303 e. The Kier molecular flexibility index (Phi) is 3.98. The Balaban J connectivity index is 1.85. The van der Waals surface area contributed by atoms with Crippen molar-refractivity contribution in [1.29, 1.82) is 5.26 Å². The molecule has 1 aliphatic heterocycles. The number of nitriles is 1. The van der Waals surface area contributed by atoms with Crippen molar-refractivity contribution in [3.63, 3.8) is 0 Å². The highest BCUT2D eigenvalue weighted by molar-refractivity contribution is 7.16. The van der Waals surface area contributed by atoms with Gasteiger partial charge in [0.25, 0.3) is 5.91 Å². The number of benzene rings is 1. The number of rotatable bonds is 3. The van der Waals surface area contributed by atoms with E-state index in [1.807, 2.05) is 24.3 Å². The normalized spacial score (nSPS) is 17.3. The number of fused-ring (bicyclic) bond motifs is 2. The molecule has 1 aromatic heterocycles. The summed E-state index contributed by atoms with van der Waals surface area (Å²) >= 11 is 1.56. The van der Waals surface area contributed by atoms with Crippen LogP contribution >= 0.6 is 11.3 Å². The third-order valence-electron chi connectivity index (χ3n) is 4.69. The molecule has 0 saturated heterocycles. The molecule has 2 heterocycles. The van der Waals surface area contributed by atoms with Crippen LogP contribution in [-0.2, 0) is 17.6 Å². The number of carbonyl (C=O) groups excluding carboxylic acids is 1. The lowest BCUT2D eigenvalue weighted by Gasteiger charge is -2.13. The summed E-state index contributed by atoms with van der Waals surface area (Å²) in [6.45, 7) is 4.18. The first kappa shape index (κ1) is 15.8. The molecule has 124 valence electrons. The van der Waals surface area contributed by atoms with Gasteiger partial charge in [0.15, 0.2) is 0 Å². The summed E-state index contributed by atoms with van der Waals surface area (Å²) in [6, 6.07) is 9.97. The summed E-state index contributed by atoms with van der Waals surface area (Å²) in [7, 11) is 0. The summed E-state index contributed by atoms with van der Waals surface area (Å²) < 4.78 is 0. The van der Waals surface area contributed by atoms with E-state index >= 15 is 0 Å². The van der Waals surface area contributed by atoms with Crippen molar-refractivity contribution < 1.29 is 4.79 Å². The quantitative estimate of drug-likeness (QED) is 0.783. The third-order valence-corrected chi connectivity index (χ3v) is 5.87. The van der Waals surface area contributed by atoms with Gasteiger partial charge in [-0.25, -0.2) is 4.99 Å². The second-order valence-electron chi connectivity index (χ2n) is 6.18. The third kappa shape index (κ3) is 2.50. The summed E-state index contributed by atoms with van der Waals surface area (Å²) in [5, 5.41) is 10.3. The maximum absolute atomic E-state index is 12.9. The van der Waals surface area contributed by atoms with Gasteiger partial charge in [-0.1, -0.05) is 24.3 Å². The molecular weight excluding hydrogens is 330 g/mol. The summed E-state index contributed by atoms with van der Waals surface area (Å²) in [5.74, 6) is -0.128. The predicted molar refractivity (Wildman–Crippen MR) is 101 cm³/mol. The lowest BCUT2D eigenvalue weighted by molar-refractivity contribution is -0.112. The van der Waals surface area contributed by atoms with Gasteiger partial charge in [0.2, 0.25) is 0 Å². The van der Waals surface area contributed by atoms with Gasteiger partial charge in [0.05, 0.1) is 11.3 Å². The maximum atomic E-state index is 12.9. The Labute approximate surface area is 150 Å². The van der Waals surface area contributed by atoms with E-state index in [4.69, 9.17) is 0 Å². The molecule has 25 heavy (non-hydrogen) atoms. The highest BCUT2D eigenvalue weighted by Crippen LogP contribution is 2.40. The zero-order chi connectivity index (χ0) is 17.4. The lowest BCUT2D eigenvalue weighted by atomic mass is 9.96. The minimum Gasteiger partial charge on any atom is -0.303 e. The molecule has 5 heteroatoms. The zero-order valence-corrected chi connectivity index (χ0v) is 14.6. The van der Waals surface area contributed by atoms with E-state index in [-0.39, 0.29) is 5.91 Å². The van der Waals surface area contributed by atoms with Crippen molar-refractivity contribution in [2.75, 3.05) is 11.4 Å². The Hall–Kier alpha value is -2.71. The Morgan fingerprint density at radius 1 is 1.32 bits per heavy atom. The van der Waals surface area contributed by atoms with Gasteiger partial charge in [-0.3, -0.25) is 4.79 Å². The molecular formula is C20H17N3OS. The first-order valence-corrected chi connectivity index (χ1v) is 9.21. The smallest absolute Gasteiger partial charge is 0.277 e. The highest BCUT2D eigenvalue weighted by Gasteiger charge is 2.33. The SMILES string of the molecule is C=CCN1C(=O)C(=Nc2sc3c(c2C#N)CCCC3)c2ccccc21. The van der Waals surface area contributed by atoms with Crippen LogP contribution in [-0.4, -0.2) is 18.2 Å². The number of carbonyl (C=O) groups is 1. The first-order valence-electron chi connectivity index (χ1n) is 8.40. The fraction of sp³-hybridized carbons (Fsp3) is 0.250. The van der Waals surface area contributed by atoms with E-state index in [9.17, 15) is 10.1 Å². The molecule has 1 amide bonds. The molecule has 1 aliphatic carbocycles. The van der Waals surface area contributed by atoms with E-state index in [0.717, 1.165) is 42.5 Å². The number of thiophene rings is 1. The average Bonchev–Trinajstić information content (AvgIpc) is 3.12. The molecule has 0 N–H and O–H groups in total. The minimum atomic E-state index is -0.128. The van der Waals surface area contributed by atoms with Crippen LogP contribution in [0.1, 0.15) is 34.4 Å². The van der Waals surface area contributed by atoms with E-state index in [1.165, 1.54) is 4.88 Å². The fourth-order valence-corrected chi connectivity index (χ4v) is 4.74. The van der Waals surface area contributed by atoms with Crippen LogP contribution in [0.25, 0.3) is 0 Å². The van der Waals surface area contributed by atoms with Crippen LogP contribution in [0.2, 0.25) is 0 Å². The van der Waals surface area contributed by atoms with E-state index in [0.29, 0.717) is 22.8 Å². The molecule has 0 saturated carbocycles. The predicted octanol–water partition coefficient (Wildman–Crippen LogP) is 4.15. The second kappa shape index (κ2) is 6.30. The summed E-state index contributed by atoms with van der Waals surface area (Å²) in [5.41, 5.74) is 3.89. The van der Waals surface area contributed by atoms with Gasteiger partial charge >= 0.3 is 0 Å². The van der Waals surface area contributed by atoms with Gasteiger partial charge in [-0.2, -0.15) is 5.26 Å². The Morgan fingerprint density at radius 2 is 2.12 bits per heavy atom. The summed E-state index contributed by atoms with van der Waals surface area (Å²) in [4.78, 5) is 20.5. The molecule has 0 fully saturated rings. The lowest BCUT2D eigenvalue weighted by Crippen LogP contribution is -2.30. The molecule has 4 nitrogen and oxygen atoms in total. The van der Waals surface area contributed by atoms with Crippen molar-refractivity contribution in [2.45, 2.75) is 25.7 Å². The van der Waals surface area contributed by atoms with Crippen molar-refractivity contribution in [3.8, 4) is 6.07 Å². The van der Waals surface area contributed by atoms with Crippen molar-refractivity contribution in [2.24, 2.45) is 4.99 Å². The minimum absolute atomic E-state index is 0.128. The van der Waals surface area contributed by atoms with Gasteiger partial charge < -0.3 is 4.90 Å². The van der Waals surface area contributed by atoms with E-state index in [2.05, 4.69) is 17.6 Å². The van der Waals surface area contributed by atoms with Crippen LogP contribution in [0.4, 0.5) is 10.7 Å². The molecule has 4 rings (SSSR count). The first-order chi connectivity index (χ1) is 12.2. The van der Waals surface area contributed by atoms with Crippen LogP contribution in [0.15, 0.2) is 41.9 Å². The van der Waals surface area contributed by atoms with Crippen LogP contribution in [0.3, 0.4) is 0 Å². The molecule has 2 aromatic rings. The monoisotopic (exact) mass is 347 g/mol. The molecule has 0 spiro atoms. The fourth-order valence-electron chi connectivity index (χ4n) is 3.53. The number of para-hydroxylation sites is 1. The number of aryl methyl sites for hydroxylation is 1. The standard InChI is InChI=1S/C20H17N3OS/c1-2-11-23-16-9-5-3-8-14(16)18(20(23)24)22-19-15(12-21)13-7-4-6-10-17(13)25-19/h2-3,5,8-9H,1,4,6-7,10-11H2. The molecule has 0 unspecified atom stereocenters. The topological polar surface area (TPSA) is 56.5 Å². The van der Waals surface area contributed by atoms with Crippen LogP contribution in [0, 0.1) is 11.3 Å². The molecule has 0 bridgehead atoms. The van der Waals surface area contributed by atoms with Crippen molar-refractivity contribution >= 4 is 33.6 Å². The number of aliphatic imine (C=N–C) groups is 1. The van der Waals surface area contributed by atoms with Crippen LogP contribution in [0.5, 0.6) is 0 Å². The van der Waals surface area contributed by atoms with Gasteiger partial charge in [-0.05, 0) is 37.3 Å². The number of hydrogen-bond acceptors (Lipinski definition) is 4. The molecule has 2 aliphatic rings. The van der Waals surface area contributed by atoms with Crippen molar-refractivity contribution in [1.82, 2.24) is 0 Å². The van der Waals surface area contributed by atoms with Gasteiger partial charge in [0, 0.05) is 17.0 Å². The Morgan fingerprint density at radius 3 is 2.92 bits per heavy atom. The van der Waals surface area contributed by atoms with Gasteiger partial charge in [0.1, 0.15) is 16.8 Å². The molecule has 1 aromatic carbocycles. The molecule has 0 atom stereocenters. The zero-order valence-electron chi connectivity index (χ0n) is 13.8. The maximum Gasteiger partial charge on any atom is 0.277 e. The number of nitrogens with zero attached hydrogens (tertiary/aromatic N) is 3. The van der Waals surface area contributed by atoms with Crippen molar-refractivity contribution in [3.05, 3.63) is 58.5 Å². The number of amides is 1. The van der Waals surface area contributed by atoms with E-state index < -0.39 is 0 Å². The Bertz CT molecular complexity index is 948. The van der Waals surface area contributed by atoms with E-state index in [1.54, 1.807) is 22.3 Å². The van der Waals surface area contributed by atoms with Crippen LogP contribution < -0.4 is 4.90 Å². The average molecular weight is 347 g/mol. The second-order valence-corrected chi connectivity index (χ2v) is 7.27. The number of anilines is 1. The number of hydrogen-bond donors (Lipinski definition) is 0.